The average molecular weight is 279 g/mol. The number of rotatable bonds is 3. The van der Waals surface area contributed by atoms with Gasteiger partial charge in [0.2, 0.25) is 5.71 Å². The topological polar surface area (TPSA) is 117 Å². The molecular weight excluding hydrogens is 266 g/mol. The van der Waals surface area contributed by atoms with E-state index in [0.717, 1.165) is 4.90 Å². The number of aromatic nitrogens is 2. The Hall–Kier alpha value is -2.64. The molecule has 2 rings (SSSR count). The molecule has 0 saturated carbocycles. The molecule has 0 aliphatic rings. The molecule has 0 bridgehead atoms. The predicted octanol–water partition coefficient (Wildman–Crippen LogP) is 0.370. The van der Waals surface area contributed by atoms with Gasteiger partial charge in [0.1, 0.15) is 17.2 Å². The average Bonchev–Trinajstić information content (AvgIpc) is 2.73. The van der Waals surface area contributed by atoms with Gasteiger partial charge in [-0.1, -0.05) is 0 Å². The quantitative estimate of drug-likeness (QED) is 0.838. The van der Waals surface area contributed by atoms with Crippen molar-refractivity contribution < 1.29 is 19.1 Å². The lowest BCUT2D eigenvalue weighted by Gasteiger charge is -2.21. The number of carbonyl (C=O) groups excluding carboxylic acids is 1. The van der Waals surface area contributed by atoms with E-state index in [1.807, 2.05) is 0 Å². The maximum Gasteiger partial charge on any atom is 0.326 e. The summed E-state index contributed by atoms with van der Waals surface area (Å²) in [5.41, 5.74) is -0.428. The van der Waals surface area contributed by atoms with Crippen molar-refractivity contribution >= 4 is 23.0 Å². The van der Waals surface area contributed by atoms with E-state index in [1.54, 1.807) is 0 Å². The highest BCUT2D eigenvalue weighted by Gasteiger charge is 2.28. The number of nitrogens with zero attached hydrogens (tertiary/aromatic N) is 2. The van der Waals surface area contributed by atoms with Gasteiger partial charge in [-0.15, -0.1) is 0 Å². The van der Waals surface area contributed by atoms with E-state index in [2.05, 4.69) is 9.97 Å². The maximum atomic E-state index is 12.4. The molecular formula is C12H13N3O5. The Balaban J connectivity index is 2.58. The molecule has 1 amide bonds. The molecule has 0 aliphatic carbocycles. The highest BCUT2D eigenvalue weighted by molar-refractivity contribution is 6.07. The summed E-state index contributed by atoms with van der Waals surface area (Å²) >= 11 is 0. The first-order valence-electron chi connectivity index (χ1n) is 5.81. The Morgan fingerprint density at radius 2 is 2.15 bits per heavy atom. The lowest BCUT2D eigenvalue weighted by Crippen LogP contribution is -2.40. The van der Waals surface area contributed by atoms with Gasteiger partial charge in [0.15, 0.2) is 0 Å². The smallest absolute Gasteiger partial charge is 0.326 e. The fourth-order valence-corrected chi connectivity index (χ4v) is 1.83. The van der Waals surface area contributed by atoms with E-state index in [9.17, 15) is 14.4 Å². The molecule has 1 unspecified atom stereocenters. The normalized spacial score (nSPS) is 12.3. The molecule has 8 nitrogen and oxygen atoms in total. The van der Waals surface area contributed by atoms with Gasteiger partial charge in [0.25, 0.3) is 11.5 Å². The maximum absolute atomic E-state index is 12.4. The molecule has 2 aromatic rings. The molecule has 0 fully saturated rings. The molecule has 0 saturated heterocycles. The van der Waals surface area contributed by atoms with Crippen LogP contribution < -0.4 is 5.56 Å². The van der Waals surface area contributed by atoms with E-state index in [-0.39, 0.29) is 22.4 Å². The van der Waals surface area contributed by atoms with Crippen molar-refractivity contribution in [1.29, 1.82) is 0 Å². The fourth-order valence-electron chi connectivity index (χ4n) is 1.83. The van der Waals surface area contributed by atoms with Crippen LogP contribution in [0.15, 0.2) is 15.5 Å². The first-order valence-corrected chi connectivity index (χ1v) is 5.81. The summed E-state index contributed by atoms with van der Waals surface area (Å²) in [6.45, 7) is 2.90. The zero-order valence-electron chi connectivity index (χ0n) is 11.1. The fraction of sp³-hybridized carbons (Fsp3) is 0.333. The summed E-state index contributed by atoms with van der Waals surface area (Å²) in [4.78, 5) is 42.3. The molecule has 8 heteroatoms. The van der Waals surface area contributed by atoms with Gasteiger partial charge in [0, 0.05) is 7.05 Å². The highest BCUT2D eigenvalue weighted by atomic mass is 16.4. The minimum absolute atomic E-state index is 0.0273. The minimum atomic E-state index is -1.14. The summed E-state index contributed by atoms with van der Waals surface area (Å²) in [5.74, 6) is -1.52. The lowest BCUT2D eigenvalue weighted by molar-refractivity contribution is -0.141. The Kier molecular flexibility index (Phi) is 3.31. The standard InChI is InChI=1S/C12H13N3O5/c1-5(12(18)19)15(3)11(17)7-6(2)20-10-8(7)9(16)13-4-14-10/h4-5H,1-3H3,(H,18,19)(H,13,14,16). The minimum Gasteiger partial charge on any atom is -0.480 e. The number of aromatic amines is 1. The van der Waals surface area contributed by atoms with E-state index >= 15 is 0 Å². The van der Waals surface area contributed by atoms with Gasteiger partial charge >= 0.3 is 5.97 Å². The Bertz CT molecular complexity index is 745. The second kappa shape index (κ2) is 4.80. The number of aliphatic carboxylic acids is 1. The van der Waals surface area contributed by atoms with Crippen molar-refractivity contribution in [3.05, 3.63) is 28.0 Å². The van der Waals surface area contributed by atoms with Crippen molar-refractivity contribution in [2.75, 3.05) is 7.05 Å². The molecule has 106 valence electrons. The molecule has 2 heterocycles. The van der Waals surface area contributed by atoms with Crippen molar-refractivity contribution in [2.24, 2.45) is 0 Å². The van der Waals surface area contributed by atoms with E-state index in [4.69, 9.17) is 9.52 Å². The summed E-state index contributed by atoms with van der Waals surface area (Å²) in [6.07, 6.45) is 1.17. The second-order valence-electron chi connectivity index (χ2n) is 4.38. The van der Waals surface area contributed by atoms with Crippen LogP contribution in [0.25, 0.3) is 11.1 Å². The van der Waals surface area contributed by atoms with Crippen LogP contribution in [0.4, 0.5) is 0 Å². The Labute approximate surface area is 113 Å². The van der Waals surface area contributed by atoms with Crippen molar-refractivity contribution in [3.63, 3.8) is 0 Å². The molecule has 0 aromatic carbocycles. The zero-order valence-corrected chi connectivity index (χ0v) is 11.1. The van der Waals surface area contributed by atoms with Crippen molar-refractivity contribution in [3.8, 4) is 0 Å². The van der Waals surface area contributed by atoms with Crippen LogP contribution in [-0.2, 0) is 4.79 Å². The Morgan fingerprint density at radius 3 is 2.75 bits per heavy atom. The van der Waals surface area contributed by atoms with E-state index < -0.39 is 23.5 Å². The van der Waals surface area contributed by atoms with Gasteiger partial charge in [-0.2, -0.15) is 0 Å². The monoisotopic (exact) mass is 279 g/mol. The number of furan rings is 1. The molecule has 2 N–H and O–H groups in total. The third kappa shape index (κ3) is 2.04. The third-order valence-corrected chi connectivity index (χ3v) is 3.14. The van der Waals surface area contributed by atoms with Crippen molar-refractivity contribution in [1.82, 2.24) is 14.9 Å². The van der Waals surface area contributed by atoms with E-state index in [0.29, 0.717) is 0 Å². The van der Waals surface area contributed by atoms with Gasteiger partial charge in [-0.3, -0.25) is 9.59 Å². The first-order chi connectivity index (χ1) is 9.34. The number of carbonyl (C=O) groups is 2. The van der Waals surface area contributed by atoms with Crippen LogP contribution in [-0.4, -0.2) is 44.9 Å². The Morgan fingerprint density at radius 1 is 1.50 bits per heavy atom. The highest BCUT2D eigenvalue weighted by Crippen LogP contribution is 2.22. The number of aryl methyl sites for hydroxylation is 1. The number of carboxylic acids is 1. The summed E-state index contributed by atoms with van der Waals surface area (Å²) in [6, 6.07) is -1.03. The molecule has 0 spiro atoms. The lowest BCUT2D eigenvalue weighted by atomic mass is 10.1. The molecule has 1 atom stereocenters. The van der Waals surface area contributed by atoms with Crippen LogP contribution in [0.1, 0.15) is 23.0 Å². The van der Waals surface area contributed by atoms with Crippen LogP contribution in [0.3, 0.4) is 0 Å². The number of likely N-dealkylation sites (N-methyl/N-ethyl adjacent to an activating group) is 1. The number of hydrogen-bond donors (Lipinski definition) is 2. The number of H-pyrrole nitrogens is 1. The second-order valence-corrected chi connectivity index (χ2v) is 4.38. The van der Waals surface area contributed by atoms with Crippen LogP contribution in [0, 0.1) is 6.92 Å². The van der Waals surface area contributed by atoms with Gasteiger partial charge < -0.3 is 19.4 Å². The third-order valence-electron chi connectivity index (χ3n) is 3.14. The molecule has 20 heavy (non-hydrogen) atoms. The predicted molar refractivity (Wildman–Crippen MR) is 68.6 cm³/mol. The number of amides is 1. The largest absolute Gasteiger partial charge is 0.480 e. The molecule has 0 aliphatic heterocycles. The van der Waals surface area contributed by atoms with Crippen LogP contribution >= 0.6 is 0 Å². The van der Waals surface area contributed by atoms with E-state index in [1.165, 1.54) is 27.2 Å². The number of carboxylic acid groups (broad SMARTS) is 1. The zero-order chi connectivity index (χ0) is 15.0. The number of hydrogen-bond acceptors (Lipinski definition) is 5. The number of fused-ring (bicyclic) bond motifs is 1. The van der Waals surface area contributed by atoms with Gasteiger partial charge in [-0.05, 0) is 13.8 Å². The SMILES string of the molecule is Cc1oc2nc[nH]c(=O)c2c1C(=O)N(C)C(C)C(=O)O. The molecule has 0 radical (unpaired) electrons. The van der Waals surface area contributed by atoms with Crippen molar-refractivity contribution in [2.45, 2.75) is 19.9 Å². The summed E-state index contributed by atoms with van der Waals surface area (Å²) in [5, 5.41) is 8.97. The van der Waals surface area contributed by atoms with Gasteiger partial charge in [0.05, 0.1) is 11.9 Å². The van der Waals surface area contributed by atoms with Crippen LogP contribution in [0.2, 0.25) is 0 Å². The number of nitrogens with one attached hydrogen (secondary N) is 1. The summed E-state index contributed by atoms with van der Waals surface area (Å²) in [7, 11) is 1.35. The molecule has 2 aromatic heterocycles. The summed E-state index contributed by atoms with van der Waals surface area (Å²) < 4.78 is 5.27. The van der Waals surface area contributed by atoms with Gasteiger partial charge in [-0.25, -0.2) is 9.78 Å². The first kappa shape index (κ1) is 13.8. The van der Waals surface area contributed by atoms with Crippen LogP contribution in [0.5, 0.6) is 0 Å².